The molecule has 112 valence electrons. The number of carbonyl (C=O) groups excluding carboxylic acids is 1. The van der Waals surface area contributed by atoms with Crippen molar-refractivity contribution in [2.24, 2.45) is 5.73 Å². The Kier molecular flexibility index (Phi) is 6.57. The molecule has 0 aromatic heterocycles. The Morgan fingerprint density at radius 2 is 2.05 bits per heavy atom. The van der Waals surface area contributed by atoms with Gasteiger partial charge in [-0.05, 0) is 32.2 Å². The molecule has 0 aliphatic heterocycles. The fourth-order valence-electron chi connectivity index (χ4n) is 1.96. The van der Waals surface area contributed by atoms with Crippen molar-refractivity contribution in [1.29, 1.82) is 0 Å². The van der Waals surface area contributed by atoms with Crippen LogP contribution in [0.3, 0.4) is 0 Å². The van der Waals surface area contributed by atoms with Crippen LogP contribution in [-0.2, 0) is 9.53 Å². The molecular weight excluding hydrogens is 261 g/mol. The molecule has 1 aliphatic rings. The van der Waals surface area contributed by atoms with Crippen molar-refractivity contribution < 1.29 is 22.7 Å². The smallest absolute Gasteiger partial charge is 0.372 e. The minimum Gasteiger partial charge on any atom is -0.372 e. The minimum absolute atomic E-state index is 0.00283. The Hall–Kier alpha value is -0.820. The molecule has 1 amide bonds. The lowest BCUT2D eigenvalue weighted by atomic mass is 9.91. The highest BCUT2D eigenvalue weighted by Gasteiger charge is 2.29. The Bertz CT molecular complexity index is 281. The Labute approximate surface area is 111 Å². The third kappa shape index (κ3) is 6.24. The third-order valence-corrected chi connectivity index (χ3v) is 3.16. The van der Waals surface area contributed by atoms with Crippen LogP contribution in [-0.4, -0.2) is 49.3 Å². The molecule has 2 N–H and O–H groups in total. The molecule has 7 heteroatoms. The number of alkyl halides is 3. The molecule has 0 aromatic carbocycles. The minimum atomic E-state index is -4.34. The first-order valence-electron chi connectivity index (χ1n) is 6.58. The molecule has 1 fully saturated rings. The predicted molar refractivity (Wildman–Crippen MR) is 64.5 cm³/mol. The van der Waals surface area contributed by atoms with Crippen molar-refractivity contribution in [3.05, 3.63) is 0 Å². The fourth-order valence-corrected chi connectivity index (χ4v) is 1.96. The summed E-state index contributed by atoms with van der Waals surface area (Å²) in [5.41, 5.74) is 5.42. The quantitative estimate of drug-likeness (QED) is 0.689. The van der Waals surface area contributed by atoms with Gasteiger partial charge in [0.15, 0.2) is 0 Å². The molecule has 0 atom stereocenters. The van der Waals surface area contributed by atoms with Gasteiger partial charge < -0.3 is 15.4 Å². The summed E-state index contributed by atoms with van der Waals surface area (Å²) in [6.07, 6.45) is -0.583. The zero-order valence-corrected chi connectivity index (χ0v) is 10.9. The fraction of sp³-hybridized carbons (Fsp3) is 0.917. The Morgan fingerprint density at radius 1 is 1.37 bits per heavy atom. The largest absolute Gasteiger partial charge is 0.411 e. The summed E-state index contributed by atoms with van der Waals surface area (Å²) < 4.78 is 40.0. The van der Waals surface area contributed by atoms with Crippen LogP contribution >= 0.6 is 0 Å². The van der Waals surface area contributed by atoms with E-state index >= 15 is 0 Å². The summed E-state index contributed by atoms with van der Waals surface area (Å²) in [5, 5.41) is 0. The standard InChI is InChI=1S/C12H21F3N2O2/c13-12(14,15)9-19-8-5-11(18)17(7-2-6-16)10-3-1-4-10/h10H,1-9,16H2. The lowest BCUT2D eigenvalue weighted by Crippen LogP contribution is -2.45. The van der Waals surface area contributed by atoms with Gasteiger partial charge in [0.1, 0.15) is 6.61 Å². The van der Waals surface area contributed by atoms with Crippen molar-refractivity contribution in [2.45, 2.75) is 44.3 Å². The molecule has 4 nitrogen and oxygen atoms in total. The van der Waals surface area contributed by atoms with Crippen molar-refractivity contribution >= 4 is 5.91 Å². The highest BCUT2D eigenvalue weighted by Crippen LogP contribution is 2.25. The summed E-state index contributed by atoms with van der Waals surface area (Å²) in [5.74, 6) is -0.139. The second-order valence-electron chi connectivity index (χ2n) is 4.73. The van der Waals surface area contributed by atoms with Gasteiger partial charge in [-0.1, -0.05) is 0 Å². The topological polar surface area (TPSA) is 55.6 Å². The van der Waals surface area contributed by atoms with Gasteiger partial charge in [-0.15, -0.1) is 0 Å². The number of nitrogens with two attached hydrogens (primary N) is 1. The average Bonchev–Trinajstić information content (AvgIpc) is 2.25. The number of nitrogens with zero attached hydrogens (tertiary/aromatic N) is 1. The van der Waals surface area contributed by atoms with E-state index in [0.29, 0.717) is 19.5 Å². The molecule has 0 heterocycles. The number of amides is 1. The number of ether oxygens (including phenoxy) is 1. The highest BCUT2D eigenvalue weighted by molar-refractivity contribution is 5.76. The molecule has 0 bridgehead atoms. The van der Waals surface area contributed by atoms with Crippen LogP contribution in [0.15, 0.2) is 0 Å². The maximum Gasteiger partial charge on any atom is 0.411 e. The molecule has 1 saturated carbocycles. The van der Waals surface area contributed by atoms with Gasteiger partial charge >= 0.3 is 6.18 Å². The van der Waals surface area contributed by atoms with E-state index in [1.807, 2.05) is 0 Å². The summed E-state index contributed by atoms with van der Waals surface area (Å²) in [6, 6.07) is 0.238. The summed E-state index contributed by atoms with van der Waals surface area (Å²) in [6.45, 7) is -0.406. The lowest BCUT2D eigenvalue weighted by molar-refractivity contribution is -0.175. The van der Waals surface area contributed by atoms with Crippen LogP contribution in [0.1, 0.15) is 32.1 Å². The first kappa shape index (κ1) is 16.2. The lowest BCUT2D eigenvalue weighted by Gasteiger charge is -2.37. The SMILES string of the molecule is NCCCN(C(=O)CCOCC(F)(F)F)C1CCC1. The van der Waals surface area contributed by atoms with Crippen LogP contribution in [0, 0.1) is 0 Å². The Balaban J connectivity index is 2.27. The molecule has 0 radical (unpaired) electrons. The van der Waals surface area contributed by atoms with Gasteiger partial charge in [0.25, 0.3) is 0 Å². The molecule has 0 saturated heterocycles. The summed E-state index contributed by atoms with van der Waals surface area (Å²) in [7, 11) is 0. The van der Waals surface area contributed by atoms with Crippen LogP contribution in [0.2, 0.25) is 0 Å². The third-order valence-electron chi connectivity index (χ3n) is 3.16. The highest BCUT2D eigenvalue weighted by atomic mass is 19.4. The van der Waals surface area contributed by atoms with Crippen LogP contribution in [0.4, 0.5) is 13.2 Å². The van der Waals surface area contributed by atoms with Crippen LogP contribution < -0.4 is 5.73 Å². The maximum absolute atomic E-state index is 11.9. The number of carbonyl (C=O) groups is 1. The zero-order valence-electron chi connectivity index (χ0n) is 10.9. The van der Waals surface area contributed by atoms with Crippen molar-refractivity contribution in [3.8, 4) is 0 Å². The number of hydrogen-bond acceptors (Lipinski definition) is 3. The van der Waals surface area contributed by atoms with E-state index in [0.717, 1.165) is 19.3 Å². The second-order valence-corrected chi connectivity index (χ2v) is 4.73. The van der Waals surface area contributed by atoms with E-state index in [1.165, 1.54) is 0 Å². The molecule has 1 rings (SSSR count). The van der Waals surface area contributed by atoms with Gasteiger partial charge in [0.05, 0.1) is 13.0 Å². The van der Waals surface area contributed by atoms with E-state index in [9.17, 15) is 18.0 Å². The van der Waals surface area contributed by atoms with Gasteiger partial charge in [-0.3, -0.25) is 4.79 Å². The Morgan fingerprint density at radius 3 is 2.53 bits per heavy atom. The van der Waals surface area contributed by atoms with Crippen molar-refractivity contribution in [2.75, 3.05) is 26.3 Å². The van der Waals surface area contributed by atoms with E-state index in [1.54, 1.807) is 4.90 Å². The molecule has 1 aliphatic carbocycles. The predicted octanol–water partition coefficient (Wildman–Crippen LogP) is 1.69. The average molecular weight is 282 g/mol. The first-order chi connectivity index (χ1) is 8.94. The van der Waals surface area contributed by atoms with Crippen LogP contribution in [0.5, 0.6) is 0 Å². The molecule has 0 unspecified atom stereocenters. The van der Waals surface area contributed by atoms with Gasteiger partial charge in [-0.25, -0.2) is 0 Å². The number of hydrogen-bond donors (Lipinski definition) is 1. The van der Waals surface area contributed by atoms with E-state index in [4.69, 9.17) is 5.73 Å². The normalized spacial score (nSPS) is 16.2. The maximum atomic E-state index is 11.9. The van der Waals surface area contributed by atoms with Crippen molar-refractivity contribution in [3.63, 3.8) is 0 Å². The summed E-state index contributed by atoms with van der Waals surface area (Å²) in [4.78, 5) is 13.7. The van der Waals surface area contributed by atoms with Crippen molar-refractivity contribution in [1.82, 2.24) is 4.90 Å². The summed E-state index contributed by atoms with van der Waals surface area (Å²) >= 11 is 0. The monoisotopic (exact) mass is 282 g/mol. The van der Waals surface area contributed by atoms with Crippen LogP contribution in [0.25, 0.3) is 0 Å². The zero-order chi connectivity index (χ0) is 14.3. The van der Waals surface area contributed by atoms with Gasteiger partial charge in [-0.2, -0.15) is 13.2 Å². The second kappa shape index (κ2) is 7.69. The first-order valence-corrected chi connectivity index (χ1v) is 6.58. The molecule has 19 heavy (non-hydrogen) atoms. The number of halogens is 3. The van der Waals surface area contributed by atoms with E-state index in [-0.39, 0.29) is 25.0 Å². The molecule has 0 aromatic rings. The van der Waals surface area contributed by atoms with Gasteiger partial charge in [0.2, 0.25) is 5.91 Å². The molecular formula is C12H21F3N2O2. The van der Waals surface area contributed by atoms with E-state index in [2.05, 4.69) is 4.74 Å². The van der Waals surface area contributed by atoms with E-state index < -0.39 is 12.8 Å². The number of rotatable bonds is 8. The molecule has 0 spiro atoms. The van der Waals surface area contributed by atoms with Gasteiger partial charge in [0, 0.05) is 12.6 Å².